The summed E-state index contributed by atoms with van der Waals surface area (Å²) < 4.78 is 4.30. The van der Waals surface area contributed by atoms with E-state index in [1.165, 1.54) is 7.11 Å². The second-order valence-electron chi connectivity index (χ2n) is 2.01. The molecule has 0 saturated carbocycles. The van der Waals surface area contributed by atoms with Gasteiger partial charge in [-0.25, -0.2) is 4.79 Å². The Bertz CT molecular complexity index is 248. The third kappa shape index (κ3) is 2.49. The van der Waals surface area contributed by atoms with Crippen molar-refractivity contribution in [1.29, 1.82) is 0 Å². The van der Waals surface area contributed by atoms with E-state index in [1.54, 1.807) is 24.3 Å². The molecule has 0 aliphatic rings. The number of carbonyl (C=O) groups excluding carboxylic acids is 1. The Hall–Kier alpha value is -1.71. The molecule has 12 heavy (non-hydrogen) atoms. The molecule has 0 fully saturated rings. The van der Waals surface area contributed by atoms with Crippen molar-refractivity contribution in [2.75, 3.05) is 7.11 Å². The molecule has 0 aromatic heterocycles. The lowest BCUT2D eigenvalue weighted by molar-refractivity contribution is 0.118. The molecule has 1 amide bonds. The molecule has 0 atom stereocenters. The van der Waals surface area contributed by atoms with E-state index in [-0.39, 0.29) is 0 Å². The fourth-order valence-electron chi connectivity index (χ4n) is 0.631. The first-order chi connectivity index (χ1) is 5.83. The van der Waals surface area contributed by atoms with Gasteiger partial charge in [-0.3, -0.25) is 0 Å². The van der Waals surface area contributed by atoms with Crippen molar-refractivity contribution in [3.63, 3.8) is 0 Å². The zero-order valence-electron chi connectivity index (χ0n) is 6.61. The van der Waals surface area contributed by atoms with Gasteiger partial charge in [0.25, 0.3) is 0 Å². The second-order valence-corrected chi connectivity index (χ2v) is 2.01. The molecule has 1 aromatic carbocycles. The number of amides is 1. The van der Waals surface area contributed by atoms with Gasteiger partial charge < -0.3 is 9.57 Å². The van der Waals surface area contributed by atoms with Crippen LogP contribution in [0.25, 0.3) is 0 Å². The van der Waals surface area contributed by atoms with Gasteiger partial charge in [-0.05, 0) is 12.1 Å². The summed E-state index contributed by atoms with van der Waals surface area (Å²) in [6.07, 6.45) is -0.626. The molecule has 0 unspecified atom stereocenters. The van der Waals surface area contributed by atoms with E-state index >= 15 is 0 Å². The van der Waals surface area contributed by atoms with E-state index in [0.717, 1.165) is 0 Å². The Morgan fingerprint density at radius 3 is 2.58 bits per heavy atom. The molecule has 4 heteroatoms. The summed E-state index contributed by atoms with van der Waals surface area (Å²) in [5, 5.41) is 0. The number of hydrogen-bond donors (Lipinski definition) is 1. The smallest absolute Gasteiger partial charge is 0.440 e. The molecule has 0 aliphatic carbocycles. The Morgan fingerprint density at radius 2 is 2.00 bits per heavy atom. The molecular weight excluding hydrogens is 158 g/mol. The van der Waals surface area contributed by atoms with Crippen molar-refractivity contribution < 1.29 is 14.4 Å². The lowest BCUT2D eigenvalue weighted by Crippen LogP contribution is -2.26. The van der Waals surface area contributed by atoms with Crippen LogP contribution in [0.15, 0.2) is 30.3 Å². The average Bonchev–Trinajstić information content (AvgIpc) is 2.16. The third-order valence-electron chi connectivity index (χ3n) is 1.18. The van der Waals surface area contributed by atoms with Crippen molar-refractivity contribution in [2.45, 2.75) is 0 Å². The van der Waals surface area contributed by atoms with Gasteiger partial charge in [0.05, 0.1) is 7.11 Å². The quantitative estimate of drug-likeness (QED) is 0.676. The van der Waals surface area contributed by atoms with Crippen LogP contribution in [0.3, 0.4) is 0 Å². The number of methoxy groups -OCH3 is 1. The fourth-order valence-corrected chi connectivity index (χ4v) is 0.631. The predicted octanol–water partition coefficient (Wildman–Crippen LogP) is 1.34. The van der Waals surface area contributed by atoms with Crippen LogP contribution in [0, 0.1) is 0 Å². The van der Waals surface area contributed by atoms with Crippen LogP contribution < -0.4 is 10.3 Å². The van der Waals surface area contributed by atoms with E-state index in [4.69, 9.17) is 4.84 Å². The second kappa shape index (κ2) is 4.23. The molecule has 64 valence electrons. The molecule has 1 aromatic rings. The summed E-state index contributed by atoms with van der Waals surface area (Å²) in [5.74, 6) is 0.558. The first-order valence-electron chi connectivity index (χ1n) is 3.39. The summed E-state index contributed by atoms with van der Waals surface area (Å²) >= 11 is 0. The Balaban J connectivity index is 2.38. The van der Waals surface area contributed by atoms with Crippen LogP contribution >= 0.6 is 0 Å². The van der Waals surface area contributed by atoms with Gasteiger partial charge in [-0.15, -0.1) is 0 Å². The number of rotatable bonds is 2. The fraction of sp³-hybridized carbons (Fsp3) is 0.125. The summed E-state index contributed by atoms with van der Waals surface area (Å²) in [7, 11) is 1.27. The highest BCUT2D eigenvalue weighted by molar-refractivity contribution is 5.65. The molecule has 4 nitrogen and oxygen atoms in total. The predicted molar refractivity (Wildman–Crippen MR) is 42.6 cm³/mol. The van der Waals surface area contributed by atoms with E-state index in [0.29, 0.717) is 5.75 Å². The summed E-state index contributed by atoms with van der Waals surface area (Å²) in [5.41, 5.74) is 2.09. The zero-order chi connectivity index (χ0) is 8.81. The van der Waals surface area contributed by atoms with Crippen molar-refractivity contribution >= 4 is 6.09 Å². The molecule has 0 bridgehead atoms. The van der Waals surface area contributed by atoms with Crippen LogP contribution in [0.2, 0.25) is 0 Å². The lowest BCUT2D eigenvalue weighted by Gasteiger charge is -2.04. The number of ether oxygens (including phenoxy) is 1. The zero-order valence-corrected chi connectivity index (χ0v) is 6.61. The van der Waals surface area contributed by atoms with Crippen LogP contribution in [0.1, 0.15) is 0 Å². The van der Waals surface area contributed by atoms with Gasteiger partial charge in [0, 0.05) is 0 Å². The maximum atomic E-state index is 10.5. The summed E-state index contributed by atoms with van der Waals surface area (Å²) in [6.45, 7) is 0. The summed E-state index contributed by atoms with van der Waals surface area (Å²) in [6, 6.07) is 8.89. The SMILES string of the molecule is COC(=O)NOc1ccccc1. The molecule has 0 aliphatic heterocycles. The highest BCUT2D eigenvalue weighted by Crippen LogP contribution is 2.06. The van der Waals surface area contributed by atoms with Gasteiger partial charge in [0.1, 0.15) is 0 Å². The molecule has 0 spiro atoms. The summed E-state index contributed by atoms with van der Waals surface area (Å²) in [4.78, 5) is 15.4. The molecule has 0 radical (unpaired) electrons. The maximum Gasteiger partial charge on any atom is 0.440 e. The number of benzene rings is 1. The first kappa shape index (κ1) is 8.39. The Labute approximate surface area is 70.1 Å². The van der Waals surface area contributed by atoms with Crippen LogP contribution in [-0.2, 0) is 4.74 Å². The molecular formula is C8H9NO3. The maximum absolute atomic E-state index is 10.5. The van der Waals surface area contributed by atoms with Crippen molar-refractivity contribution in [3.05, 3.63) is 30.3 Å². The number of hydroxylamine groups is 1. The normalized spacial score (nSPS) is 8.75. The minimum absolute atomic E-state index is 0.558. The molecule has 1 N–H and O–H groups in total. The standard InChI is InChI=1S/C8H9NO3/c1-11-8(10)9-12-7-5-3-2-4-6-7/h2-6H,1H3,(H,9,10). The van der Waals surface area contributed by atoms with Crippen LogP contribution in [0.4, 0.5) is 4.79 Å². The van der Waals surface area contributed by atoms with E-state index < -0.39 is 6.09 Å². The number of carbonyl (C=O) groups is 1. The van der Waals surface area contributed by atoms with Crippen molar-refractivity contribution in [1.82, 2.24) is 5.48 Å². The van der Waals surface area contributed by atoms with E-state index in [2.05, 4.69) is 10.2 Å². The highest BCUT2D eigenvalue weighted by atomic mass is 16.7. The average molecular weight is 167 g/mol. The largest absolute Gasteiger partial charge is 0.451 e. The Morgan fingerprint density at radius 1 is 1.33 bits per heavy atom. The van der Waals surface area contributed by atoms with Crippen molar-refractivity contribution in [3.8, 4) is 5.75 Å². The minimum atomic E-state index is -0.626. The molecule has 0 saturated heterocycles. The highest BCUT2D eigenvalue weighted by Gasteiger charge is 1.97. The number of para-hydroxylation sites is 1. The first-order valence-corrected chi connectivity index (χ1v) is 3.39. The number of nitrogens with one attached hydrogen (secondary N) is 1. The monoisotopic (exact) mass is 167 g/mol. The van der Waals surface area contributed by atoms with Gasteiger partial charge in [-0.1, -0.05) is 18.2 Å². The molecule has 1 rings (SSSR count). The Kier molecular flexibility index (Phi) is 2.95. The van der Waals surface area contributed by atoms with E-state index in [1.807, 2.05) is 6.07 Å². The van der Waals surface area contributed by atoms with Gasteiger partial charge in [0.2, 0.25) is 0 Å². The van der Waals surface area contributed by atoms with Crippen LogP contribution in [-0.4, -0.2) is 13.2 Å². The van der Waals surface area contributed by atoms with Crippen LogP contribution in [0.5, 0.6) is 5.75 Å². The van der Waals surface area contributed by atoms with Gasteiger partial charge in [0.15, 0.2) is 5.75 Å². The minimum Gasteiger partial charge on any atom is -0.451 e. The van der Waals surface area contributed by atoms with Gasteiger partial charge >= 0.3 is 6.09 Å². The van der Waals surface area contributed by atoms with Crippen molar-refractivity contribution in [2.24, 2.45) is 0 Å². The van der Waals surface area contributed by atoms with Gasteiger partial charge in [-0.2, -0.15) is 5.48 Å². The topological polar surface area (TPSA) is 47.6 Å². The number of hydrogen-bond acceptors (Lipinski definition) is 3. The molecule has 0 heterocycles. The lowest BCUT2D eigenvalue weighted by atomic mass is 10.3. The third-order valence-corrected chi connectivity index (χ3v) is 1.18. The van der Waals surface area contributed by atoms with E-state index in [9.17, 15) is 4.79 Å².